The summed E-state index contributed by atoms with van der Waals surface area (Å²) in [4.78, 5) is 0. The number of nitrogens with zero attached hydrogens (tertiary/aromatic N) is 1. The summed E-state index contributed by atoms with van der Waals surface area (Å²) >= 11 is 2.00. The van der Waals surface area contributed by atoms with Gasteiger partial charge in [0.25, 0.3) is 0 Å². The molecular weight excluding hydrogens is 154 g/mol. The van der Waals surface area contributed by atoms with Crippen molar-refractivity contribution in [3.63, 3.8) is 0 Å². The lowest BCUT2D eigenvalue weighted by Crippen LogP contribution is -2.17. The lowest BCUT2D eigenvalue weighted by Gasteiger charge is -2.18. The summed E-state index contributed by atoms with van der Waals surface area (Å²) < 4.78 is 2.49. The molecule has 0 saturated heterocycles. The fourth-order valence-corrected chi connectivity index (χ4v) is 2.02. The van der Waals surface area contributed by atoms with E-state index in [4.69, 9.17) is 0 Å². The van der Waals surface area contributed by atoms with Crippen LogP contribution in [-0.4, -0.2) is 23.1 Å². The van der Waals surface area contributed by atoms with Crippen molar-refractivity contribution in [2.75, 3.05) is 18.8 Å². The van der Waals surface area contributed by atoms with Gasteiger partial charge in [-0.05, 0) is 19.3 Å². The standard InChI is InChI=1S/C9H21NS/c1-4-7-10(8-5-2)11-9-6-3/h4-9H2,1-3H3. The normalized spacial score (nSPS) is 10.9. The van der Waals surface area contributed by atoms with E-state index in [0.717, 1.165) is 0 Å². The molecule has 0 saturated carbocycles. The van der Waals surface area contributed by atoms with Crippen LogP contribution in [0.3, 0.4) is 0 Å². The van der Waals surface area contributed by atoms with Gasteiger partial charge in [0.05, 0.1) is 0 Å². The summed E-state index contributed by atoms with van der Waals surface area (Å²) in [7, 11) is 0. The van der Waals surface area contributed by atoms with Crippen molar-refractivity contribution >= 4 is 11.9 Å². The quantitative estimate of drug-likeness (QED) is 0.547. The van der Waals surface area contributed by atoms with Crippen LogP contribution in [0.5, 0.6) is 0 Å². The van der Waals surface area contributed by atoms with Gasteiger partial charge in [0.2, 0.25) is 0 Å². The third kappa shape index (κ3) is 6.70. The van der Waals surface area contributed by atoms with E-state index in [9.17, 15) is 0 Å². The van der Waals surface area contributed by atoms with Gasteiger partial charge in [0.15, 0.2) is 0 Å². The second kappa shape index (κ2) is 8.41. The lowest BCUT2D eigenvalue weighted by atomic mass is 10.4. The Hall–Kier alpha value is 0.310. The van der Waals surface area contributed by atoms with E-state index in [0.29, 0.717) is 0 Å². The average Bonchev–Trinajstić information content (AvgIpc) is 2.01. The Labute approximate surface area is 75.7 Å². The molecule has 0 aliphatic rings. The highest BCUT2D eigenvalue weighted by atomic mass is 32.2. The highest BCUT2D eigenvalue weighted by molar-refractivity contribution is 7.97. The Balaban J connectivity index is 3.34. The molecule has 0 heterocycles. The van der Waals surface area contributed by atoms with E-state index >= 15 is 0 Å². The minimum absolute atomic E-state index is 1.25. The van der Waals surface area contributed by atoms with E-state index < -0.39 is 0 Å². The predicted octanol–water partition coefficient (Wildman–Crippen LogP) is 3.17. The minimum atomic E-state index is 1.25. The zero-order valence-electron chi connectivity index (χ0n) is 8.10. The molecule has 2 heteroatoms. The van der Waals surface area contributed by atoms with Crippen LogP contribution in [-0.2, 0) is 0 Å². The number of rotatable bonds is 7. The number of hydrogen-bond donors (Lipinski definition) is 0. The molecule has 0 aliphatic heterocycles. The van der Waals surface area contributed by atoms with Gasteiger partial charge in [-0.3, -0.25) is 4.31 Å². The second-order valence-corrected chi connectivity index (χ2v) is 3.95. The summed E-state index contributed by atoms with van der Waals surface area (Å²) in [5.74, 6) is 1.28. The van der Waals surface area contributed by atoms with Gasteiger partial charge in [-0.15, -0.1) is 0 Å². The van der Waals surface area contributed by atoms with Gasteiger partial charge in [0.1, 0.15) is 0 Å². The van der Waals surface area contributed by atoms with Crippen molar-refractivity contribution in [1.82, 2.24) is 4.31 Å². The first-order valence-electron chi connectivity index (χ1n) is 4.73. The summed E-state index contributed by atoms with van der Waals surface area (Å²) in [6, 6.07) is 0. The zero-order chi connectivity index (χ0) is 8.53. The van der Waals surface area contributed by atoms with E-state index in [1.54, 1.807) is 0 Å². The first kappa shape index (κ1) is 11.3. The van der Waals surface area contributed by atoms with Crippen molar-refractivity contribution in [3.8, 4) is 0 Å². The molecule has 0 unspecified atom stereocenters. The molecule has 0 aromatic rings. The average molecular weight is 175 g/mol. The van der Waals surface area contributed by atoms with Gasteiger partial charge in [-0.2, -0.15) is 0 Å². The molecule has 0 bridgehead atoms. The van der Waals surface area contributed by atoms with Crippen LogP contribution in [0.15, 0.2) is 0 Å². The predicted molar refractivity (Wildman–Crippen MR) is 54.9 cm³/mol. The maximum atomic E-state index is 2.49. The molecule has 11 heavy (non-hydrogen) atoms. The van der Waals surface area contributed by atoms with Gasteiger partial charge >= 0.3 is 0 Å². The van der Waals surface area contributed by atoms with E-state index in [1.165, 1.54) is 38.1 Å². The fourth-order valence-electron chi connectivity index (χ4n) is 0.960. The zero-order valence-corrected chi connectivity index (χ0v) is 8.91. The molecular formula is C9H21NS. The Morgan fingerprint density at radius 3 is 1.82 bits per heavy atom. The van der Waals surface area contributed by atoms with Gasteiger partial charge in [0, 0.05) is 18.8 Å². The van der Waals surface area contributed by atoms with Gasteiger partial charge in [-0.25, -0.2) is 0 Å². The lowest BCUT2D eigenvalue weighted by molar-refractivity contribution is 0.467. The molecule has 0 aromatic heterocycles. The highest BCUT2D eigenvalue weighted by Gasteiger charge is 2.00. The molecule has 0 atom stereocenters. The topological polar surface area (TPSA) is 3.24 Å². The molecule has 68 valence electrons. The maximum Gasteiger partial charge on any atom is 0.00867 e. The van der Waals surface area contributed by atoms with Crippen LogP contribution in [0.2, 0.25) is 0 Å². The molecule has 0 aromatic carbocycles. The Kier molecular flexibility index (Phi) is 8.64. The van der Waals surface area contributed by atoms with Crippen molar-refractivity contribution < 1.29 is 0 Å². The molecule has 0 N–H and O–H groups in total. The Morgan fingerprint density at radius 1 is 0.909 bits per heavy atom. The molecule has 0 spiro atoms. The smallest absolute Gasteiger partial charge is 0.00867 e. The largest absolute Gasteiger partial charge is 0.251 e. The van der Waals surface area contributed by atoms with E-state index in [-0.39, 0.29) is 0 Å². The van der Waals surface area contributed by atoms with E-state index in [1.807, 2.05) is 11.9 Å². The monoisotopic (exact) mass is 175 g/mol. The molecule has 0 radical (unpaired) electrons. The highest BCUT2D eigenvalue weighted by Crippen LogP contribution is 2.11. The SMILES string of the molecule is CCCSN(CCC)CCC. The first-order valence-corrected chi connectivity index (χ1v) is 5.67. The Bertz CT molecular complexity index is 70.0. The van der Waals surface area contributed by atoms with E-state index in [2.05, 4.69) is 25.1 Å². The third-order valence-corrected chi connectivity index (χ3v) is 2.75. The van der Waals surface area contributed by atoms with Crippen LogP contribution in [0, 0.1) is 0 Å². The van der Waals surface area contributed by atoms with Crippen molar-refractivity contribution in [2.24, 2.45) is 0 Å². The van der Waals surface area contributed by atoms with Crippen molar-refractivity contribution in [3.05, 3.63) is 0 Å². The molecule has 1 nitrogen and oxygen atoms in total. The van der Waals surface area contributed by atoms with Crippen molar-refractivity contribution in [2.45, 2.75) is 40.0 Å². The summed E-state index contributed by atoms with van der Waals surface area (Å²) in [6.07, 6.45) is 3.84. The molecule has 0 amide bonds. The summed E-state index contributed by atoms with van der Waals surface area (Å²) in [5, 5.41) is 0. The van der Waals surface area contributed by atoms with Crippen LogP contribution in [0.1, 0.15) is 40.0 Å². The van der Waals surface area contributed by atoms with Crippen LogP contribution in [0.25, 0.3) is 0 Å². The summed E-state index contributed by atoms with van der Waals surface area (Å²) in [6.45, 7) is 9.23. The van der Waals surface area contributed by atoms with Crippen molar-refractivity contribution in [1.29, 1.82) is 0 Å². The van der Waals surface area contributed by atoms with Crippen LogP contribution < -0.4 is 0 Å². The van der Waals surface area contributed by atoms with Gasteiger partial charge in [-0.1, -0.05) is 32.7 Å². The Morgan fingerprint density at radius 2 is 1.45 bits per heavy atom. The summed E-state index contributed by atoms with van der Waals surface area (Å²) in [5.41, 5.74) is 0. The van der Waals surface area contributed by atoms with Crippen LogP contribution >= 0.6 is 11.9 Å². The maximum absolute atomic E-state index is 2.49. The third-order valence-electron chi connectivity index (χ3n) is 1.42. The van der Waals surface area contributed by atoms with Gasteiger partial charge < -0.3 is 0 Å². The molecule has 0 aliphatic carbocycles. The fraction of sp³-hybridized carbons (Fsp3) is 1.00. The second-order valence-electron chi connectivity index (χ2n) is 2.76. The van der Waals surface area contributed by atoms with Crippen LogP contribution in [0.4, 0.5) is 0 Å². The molecule has 0 fully saturated rings. The first-order chi connectivity index (χ1) is 5.35. The number of hydrogen-bond acceptors (Lipinski definition) is 2. The minimum Gasteiger partial charge on any atom is -0.251 e. The molecule has 0 rings (SSSR count).